The molecule has 106 valence electrons. The highest BCUT2D eigenvalue weighted by Gasteiger charge is 2.16. The predicted octanol–water partition coefficient (Wildman–Crippen LogP) is 3.92. The molecule has 0 radical (unpaired) electrons. The van der Waals surface area contributed by atoms with E-state index < -0.39 is 0 Å². The number of halogens is 1. The zero-order valence-corrected chi connectivity index (χ0v) is 13.1. The monoisotopic (exact) mass is 301 g/mol. The SMILES string of the molecule is CCOc1cc(OCC)c(C(C)CC(N)=S)cc1Cl. The van der Waals surface area contributed by atoms with Gasteiger partial charge in [0, 0.05) is 12.5 Å². The normalized spacial score (nSPS) is 12.0. The fourth-order valence-electron chi connectivity index (χ4n) is 1.89. The summed E-state index contributed by atoms with van der Waals surface area (Å²) in [7, 11) is 0. The van der Waals surface area contributed by atoms with Crippen LogP contribution in [0.5, 0.6) is 11.5 Å². The Kier molecular flexibility index (Phi) is 6.38. The Morgan fingerprint density at radius 1 is 1.26 bits per heavy atom. The maximum absolute atomic E-state index is 6.22. The van der Waals surface area contributed by atoms with Gasteiger partial charge < -0.3 is 15.2 Å². The van der Waals surface area contributed by atoms with Crippen LogP contribution in [0.1, 0.15) is 38.7 Å². The topological polar surface area (TPSA) is 44.5 Å². The standard InChI is InChI=1S/C14H20ClNO2S/c1-4-17-12-8-13(18-5-2)11(15)7-10(12)9(3)6-14(16)19/h7-9H,4-6H2,1-3H3,(H2,16,19). The van der Waals surface area contributed by atoms with E-state index in [0.29, 0.717) is 35.4 Å². The second-order valence-corrected chi connectivity index (χ2v) is 5.19. The fraction of sp³-hybridized carbons (Fsp3) is 0.500. The Morgan fingerprint density at radius 2 is 1.84 bits per heavy atom. The molecule has 1 rings (SSSR count). The molecule has 1 aromatic rings. The van der Waals surface area contributed by atoms with Gasteiger partial charge in [0.05, 0.1) is 23.2 Å². The molecule has 2 N–H and O–H groups in total. The molecular weight excluding hydrogens is 282 g/mol. The molecule has 0 aliphatic carbocycles. The first-order chi connectivity index (χ1) is 8.99. The van der Waals surface area contributed by atoms with Crippen molar-refractivity contribution in [3.8, 4) is 11.5 Å². The molecule has 0 saturated heterocycles. The smallest absolute Gasteiger partial charge is 0.141 e. The van der Waals surface area contributed by atoms with Crippen molar-refractivity contribution in [1.82, 2.24) is 0 Å². The minimum Gasteiger partial charge on any atom is -0.493 e. The zero-order chi connectivity index (χ0) is 14.4. The number of rotatable bonds is 7. The summed E-state index contributed by atoms with van der Waals surface area (Å²) >= 11 is 11.2. The first kappa shape index (κ1) is 16.1. The molecule has 0 bridgehead atoms. The molecule has 1 aromatic carbocycles. The molecule has 0 aliphatic rings. The minimum atomic E-state index is 0.159. The highest BCUT2D eigenvalue weighted by atomic mass is 35.5. The van der Waals surface area contributed by atoms with Crippen molar-refractivity contribution in [2.24, 2.45) is 5.73 Å². The molecule has 0 spiro atoms. The number of hydrogen-bond donors (Lipinski definition) is 1. The third kappa shape index (κ3) is 4.55. The molecule has 1 unspecified atom stereocenters. The Bertz CT molecular complexity index is 451. The van der Waals surface area contributed by atoms with Gasteiger partial charge in [0.2, 0.25) is 0 Å². The van der Waals surface area contributed by atoms with Gasteiger partial charge in [-0.2, -0.15) is 0 Å². The van der Waals surface area contributed by atoms with Crippen molar-refractivity contribution < 1.29 is 9.47 Å². The van der Waals surface area contributed by atoms with Crippen LogP contribution in [-0.4, -0.2) is 18.2 Å². The predicted molar refractivity (Wildman–Crippen MR) is 83.6 cm³/mol. The van der Waals surface area contributed by atoms with Gasteiger partial charge >= 0.3 is 0 Å². The van der Waals surface area contributed by atoms with Crippen LogP contribution < -0.4 is 15.2 Å². The van der Waals surface area contributed by atoms with Crippen LogP contribution in [0.2, 0.25) is 5.02 Å². The summed E-state index contributed by atoms with van der Waals surface area (Å²) in [5, 5.41) is 0.579. The Labute approximate surface area is 125 Å². The van der Waals surface area contributed by atoms with E-state index in [1.54, 1.807) is 0 Å². The number of thiocarbonyl (C=S) groups is 1. The number of nitrogens with two attached hydrogens (primary N) is 1. The van der Waals surface area contributed by atoms with E-state index in [4.69, 9.17) is 39.0 Å². The first-order valence-electron chi connectivity index (χ1n) is 6.36. The van der Waals surface area contributed by atoms with E-state index in [0.717, 1.165) is 11.3 Å². The van der Waals surface area contributed by atoms with Gasteiger partial charge in [-0.3, -0.25) is 0 Å². The average Bonchev–Trinajstić information content (AvgIpc) is 2.32. The molecule has 0 aromatic heterocycles. The van der Waals surface area contributed by atoms with Gasteiger partial charge in [-0.25, -0.2) is 0 Å². The third-order valence-electron chi connectivity index (χ3n) is 2.70. The maximum Gasteiger partial charge on any atom is 0.141 e. The lowest BCUT2D eigenvalue weighted by Crippen LogP contribution is -2.12. The Balaban J connectivity index is 3.13. The summed E-state index contributed by atoms with van der Waals surface area (Å²) in [5.74, 6) is 1.57. The van der Waals surface area contributed by atoms with E-state index >= 15 is 0 Å². The second kappa shape index (κ2) is 7.56. The van der Waals surface area contributed by atoms with E-state index in [2.05, 4.69) is 0 Å². The van der Waals surface area contributed by atoms with Crippen LogP contribution in [0, 0.1) is 0 Å². The van der Waals surface area contributed by atoms with Crippen molar-refractivity contribution in [1.29, 1.82) is 0 Å². The minimum absolute atomic E-state index is 0.159. The highest BCUT2D eigenvalue weighted by Crippen LogP contribution is 2.37. The molecule has 0 heterocycles. The van der Waals surface area contributed by atoms with Gasteiger partial charge in [0.15, 0.2) is 0 Å². The van der Waals surface area contributed by atoms with Crippen LogP contribution in [0.15, 0.2) is 12.1 Å². The van der Waals surface area contributed by atoms with Crippen molar-refractivity contribution >= 4 is 28.8 Å². The van der Waals surface area contributed by atoms with Gasteiger partial charge in [-0.05, 0) is 31.4 Å². The van der Waals surface area contributed by atoms with Crippen LogP contribution in [0.3, 0.4) is 0 Å². The van der Waals surface area contributed by atoms with Crippen molar-refractivity contribution in [2.45, 2.75) is 33.1 Å². The summed E-state index contributed by atoms with van der Waals surface area (Å²) < 4.78 is 11.1. The van der Waals surface area contributed by atoms with E-state index in [9.17, 15) is 0 Å². The second-order valence-electron chi connectivity index (χ2n) is 4.26. The summed E-state index contributed by atoms with van der Waals surface area (Å²) in [6, 6.07) is 3.71. The molecule has 3 nitrogen and oxygen atoms in total. The molecule has 0 fully saturated rings. The largest absolute Gasteiger partial charge is 0.493 e. The number of benzene rings is 1. The quantitative estimate of drug-likeness (QED) is 0.775. The summed E-state index contributed by atoms with van der Waals surface area (Å²) in [5.41, 5.74) is 6.61. The lowest BCUT2D eigenvalue weighted by Gasteiger charge is -2.18. The molecule has 5 heteroatoms. The molecular formula is C14H20ClNO2S. The van der Waals surface area contributed by atoms with E-state index in [-0.39, 0.29) is 5.92 Å². The van der Waals surface area contributed by atoms with Crippen LogP contribution in [0.25, 0.3) is 0 Å². The Hall–Kier alpha value is -1.00. The molecule has 0 aliphatic heterocycles. The van der Waals surface area contributed by atoms with Crippen molar-refractivity contribution in [2.75, 3.05) is 13.2 Å². The van der Waals surface area contributed by atoms with E-state index in [1.165, 1.54) is 0 Å². The van der Waals surface area contributed by atoms with Crippen LogP contribution >= 0.6 is 23.8 Å². The van der Waals surface area contributed by atoms with Gasteiger partial charge in [-0.1, -0.05) is 30.7 Å². The molecule has 0 amide bonds. The molecule has 1 atom stereocenters. The number of ether oxygens (including phenoxy) is 2. The zero-order valence-electron chi connectivity index (χ0n) is 11.5. The molecule has 0 saturated carbocycles. The van der Waals surface area contributed by atoms with Gasteiger partial charge in [-0.15, -0.1) is 0 Å². The van der Waals surface area contributed by atoms with E-state index in [1.807, 2.05) is 32.9 Å². The van der Waals surface area contributed by atoms with Crippen molar-refractivity contribution in [3.05, 3.63) is 22.7 Å². The first-order valence-corrected chi connectivity index (χ1v) is 7.15. The van der Waals surface area contributed by atoms with Crippen molar-refractivity contribution in [3.63, 3.8) is 0 Å². The summed E-state index contributed by atoms with van der Waals surface area (Å²) in [6.45, 7) is 7.05. The van der Waals surface area contributed by atoms with Crippen LogP contribution in [-0.2, 0) is 0 Å². The van der Waals surface area contributed by atoms with Crippen LogP contribution in [0.4, 0.5) is 0 Å². The maximum atomic E-state index is 6.22. The fourth-order valence-corrected chi connectivity index (χ4v) is 2.37. The summed E-state index contributed by atoms with van der Waals surface area (Å²) in [4.78, 5) is 0.486. The molecule has 19 heavy (non-hydrogen) atoms. The lowest BCUT2D eigenvalue weighted by molar-refractivity contribution is 0.320. The lowest BCUT2D eigenvalue weighted by atomic mass is 9.96. The third-order valence-corrected chi connectivity index (χ3v) is 3.16. The van der Waals surface area contributed by atoms with Gasteiger partial charge in [0.1, 0.15) is 11.5 Å². The average molecular weight is 302 g/mol. The Morgan fingerprint density at radius 3 is 2.37 bits per heavy atom. The highest BCUT2D eigenvalue weighted by molar-refractivity contribution is 7.80. The van der Waals surface area contributed by atoms with Gasteiger partial charge in [0.25, 0.3) is 0 Å². The summed E-state index contributed by atoms with van der Waals surface area (Å²) in [6.07, 6.45) is 0.625. The number of hydrogen-bond acceptors (Lipinski definition) is 3.